The van der Waals surface area contributed by atoms with Gasteiger partial charge in [0.05, 0.1) is 31.2 Å². The minimum atomic E-state index is -1.53. The Morgan fingerprint density at radius 2 is 1.67 bits per heavy atom. The van der Waals surface area contributed by atoms with Crippen LogP contribution in [0.15, 0.2) is 66.7 Å². The molecule has 1 aliphatic rings. The van der Waals surface area contributed by atoms with Crippen LogP contribution < -0.4 is 19.7 Å². The summed E-state index contributed by atoms with van der Waals surface area (Å²) in [7, 11) is 2.94. The first kappa shape index (κ1) is 27.3. The van der Waals surface area contributed by atoms with Gasteiger partial charge in [-0.2, -0.15) is 0 Å². The van der Waals surface area contributed by atoms with Crippen LogP contribution in [-0.4, -0.2) is 54.7 Å². The number of Topliss-reactive ketones (excluding diaryl/α,β-unsaturated/α-hetero) is 1. The number of fused-ring (bicyclic) bond motifs is 1. The molecule has 3 aromatic carbocycles. The number of amides is 3. The molecule has 3 aromatic rings. The number of methoxy groups -OCH3 is 2. The lowest BCUT2D eigenvalue weighted by molar-refractivity contribution is -0.143. The normalized spacial score (nSPS) is 12.7. The monoisotopic (exact) mass is 533 g/mol. The molecule has 1 aliphatic heterocycles. The largest absolute Gasteiger partial charge is 0.497 e. The molecule has 202 valence electrons. The molecule has 0 spiro atoms. The number of carbonyl (C=O) groups is 4. The lowest BCUT2D eigenvalue weighted by Gasteiger charge is -2.38. The van der Waals surface area contributed by atoms with Crippen molar-refractivity contribution in [3.8, 4) is 11.5 Å². The number of benzene rings is 3. The van der Waals surface area contributed by atoms with Crippen molar-refractivity contribution in [3.05, 3.63) is 83.7 Å². The molecule has 10 heteroatoms. The van der Waals surface area contributed by atoms with E-state index < -0.39 is 41.4 Å². The van der Waals surface area contributed by atoms with E-state index in [-0.39, 0.29) is 17.7 Å². The Bertz CT molecular complexity index is 1450. The number of nitrogens with zero attached hydrogens (tertiary/aromatic N) is 2. The highest BCUT2D eigenvalue weighted by Crippen LogP contribution is 2.32. The summed E-state index contributed by atoms with van der Waals surface area (Å²) >= 11 is 0. The molecule has 39 heavy (non-hydrogen) atoms. The van der Waals surface area contributed by atoms with Gasteiger partial charge in [0.1, 0.15) is 29.4 Å². The van der Waals surface area contributed by atoms with E-state index in [2.05, 4.69) is 5.32 Å². The first-order valence-electron chi connectivity index (χ1n) is 12.1. The van der Waals surface area contributed by atoms with Gasteiger partial charge in [-0.15, -0.1) is 0 Å². The van der Waals surface area contributed by atoms with Gasteiger partial charge in [0, 0.05) is 18.2 Å². The second-order valence-corrected chi connectivity index (χ2v) is 9.39. The first-order chi connectivity index (χ1) is 18.6. The third-order valence-electron chi connectivity index (χ3n) is 6.65. The number of hydrogen-bond acceptors (Lipinski definition) is 6. The summed E-state index contributed by atoms with van der Waals surface area (Å²) < 4.78 is 25.2. The van der Waals surface area contributed by atoms with Gasteiger partial charge in [-0.05, 0) is 44.2 Å². The molecule has 0 saturated carbocycles. The summed E-state index contributed by atoms with van der Waals surface area (Å²) in [5.74, 6) is -2.50. The van der Waals surface area contributed by atoms with Gasteiger partial charge < -0.3 is 19.7 Å². The molecule has 3 amide bonds. The smallest absolute Gasteiger partial charge is 0.299 e. The number of carbonyl (C=O) groups excluding carboxylic acids is 4. The van der Waals surface area contributed by atoms with Crippen molar-refractivity contribution in [1.29, 1.82) is 0 Å². The molecule has 0 aliphatic carbocycles. The van der Waals surface area contributed by atoms with E-state index in [1.807, 2.05) is 0 Å². The predicted octanol–water partition coefficient (Wildman–Crippen LogP) is 3.82. The molecule has 0 radical (unpaired) electrons. The van der Waals surface area contributed by atoms with Crippen molar-refractivity contribution >= 4 is 34.9 Å². The van der Waals surface area contributed by atoms with E-state index in [4.69, 9.17) is 9.47 Å². The Hall–Kier alpha value is -4.73. The van der Waals surface area contributed by atoms with Crippen molar-refractivity contribution in [2.75, 3.05) is 31.0 Å². The second-order valence-electron chi connectivity index (χ2n) is 9.39. The number of rotatable bonds is 9. The number of ether oxygens (including phenoxy) is 2. The van der Waals surface area contributed by atoms with Crippen LogP contribution in [0.25, 0.3) is 0 Å². The highest BCUT2D eigenvalue weighted by atomic mass is 19.1. The van der Waals surface area contributed by atoms with Crippen LogP contribution in [0.2, 0.25) is 0 Å². The topological polar surface area (TPSA) is 105 Å². The predicted molar refractivity (Wildman–Crippen MR) is 142 cm³/mol. The van der Waals surface area contributed by atoms with Crippen LogP contribution >= 0.6 is 0 Å². The van der Waals surface area contributed by atoms with Crippen LogP contribution in [0.5, 0.6) is 11.5 Å². The molecule has 0 aromatic heterocycles. The maximum atomic E-state index is 14.7. The van der Waals surface area contributed by atoms with E-state index in [9.17, 15) is 23.6 Å². The second kappa shape index (κ2) is 10.9. The molecule has 0 unspecified atom stereocenters. The average Bonchev–Trinajstić information content (AvgIpc) is 3.17. The number of para-hydroxylation sites is 1. The minimum absolute atomic E-state index is 0.179. The minimum Gasteiger partial charge on any atom is -0.497 e. The lowest BCUT2D eigenvalue weighted by atomic mass is 9.99. The Labute approximate surface area is 225 Å². The van der Waals surface area contributed by atoms with E-state index in [0.29, 0.717) is 22.9 Å². The quantitative estimate of drug-likeness (QED) is 0.420. The summed E-state index contributed by atoms with van der Waals surface area (Å²) in [4.78, 5) is 54.8. The maximum absolute atomic E-state index is 14.7. The first-order valence-corrected chi connectivity index (χ1v) is 12.1. The summed E-state index contributed by atoms with van der Waals surface area (Å²) in [5.41, 5.74) is -0.519. The highest BCUT2D eigenvalue weighted by molar-refractivity contribution is 6.52. The third kappa shape index (κ3) is 5.31. The Balaban J connectivity index is 1.66. The molecule has 4 rings (SSSR count). The molecule has 0 bridgehead atoms. The number of ketones is 1. The van der Waals surface area contributed by atoms with E-state index >= 15 is 0 Å². The summed E-state index contributed by atoms with van der Waals surface area (Å²) in [6.07, 6.45) is 0. The SMILES string of the molecule is COc1ccc(NC(=O)C(C)(C)N(Cc2ccccc2F)C(=O)CN2C(=O)C(=O)c3ccccc32)c(OC)c1. The molecular formula is C29H28FN3O6. The zero-order chi connectivity index (χ0) is 28.3. The Morgan fingerprint density at radius 1 is 0.974 bits per heavy atom. The van der Waals surface area contributed by atoms with Gasteiger partial charge in [0.2, 0.25) is 11.8 Å². The van der Waals surface area contributed by atoms with Gasteiger partial charge in [-0.1, -0.05) is 30.3 Å². The average molecular weight is 534 g/mol. The maximum Gasteiger partial charge on any atom is 0.299 e. The Kier molecular flexibility index (Phi) is 7.66. The molecule has 0 saturated heterocycles. The molecule has 1 N–H and O–H groups in total. The number of anilines is 2. The van der Waals surface area contributed by atoms with Gasteiger partial charge in [0.15, 0.2) is 0 Å². The number of hydrogen-bond donors (Lipinski definition) is 1. The summed E-state index contributed by atoms with van der Waals surface area (Å²) in [6, 6.07) is 17.1. The third-order valence-corrected chi connectivity index (χ3v) is 6.65. The standard InChI is InChI=1S/C29H28FN3O6/c1-29(2,28(37)31-22-14-13-19(38-3)15-24(22)39-4)33(16-18-9-5-7-11-21(18)30)25(34)17-32-23-12-8-6-10-20(23)26(35)27(32)36/h5-15H,16-17H2,1-4H3,(H,31,37). The van der Waals surface area contributed by atoms with Gasteiger partial charge in [0.25, 0.3) is 11.7 Å². The lowest BCUT2D eigenvalue weighted by Crippen LogP contribution is -2.57. The number of halogens is 1. The van der Waals surface area contributed by atoms with E-state index in [0.717, 1.165) is 4.90 Å². The fraction of sp³-hybridized carbons (Fsp3) is 0.241. The van der Waals surface area contributed by atoms with Crippen molar-refractivity contribution in [2.24, 2.45) is 0 Å². The van der Waals surface area contributed by atoms with E-state index in [1.54, 1.807) is 42.5 Å². The van der Waals surface area contributed by atoms with Crippen molar-refractivity contribution in [3.63, 3.8) is 0 Å². The summed E-state index contributed by atoms with van der Waals surface area (Å²) in [5, 5.41) is 2.77. The van der Waals surface area contributed by atoms with Crippen molar-refractivity contribution in [1.82, 2.24) is 4.90 Å². The van der Waals surface area contributed by atoms with Crippen LogP contribution in [0.3, 0.4) is 0 Å². The van der Waals surface area contributed by atoms with Gasteiger partial charge in [-0.3, -0.25) is 24.1 Å². The molecule has 0 fully saturated rings. The van der Waals surface area contributed by atoms with Crippen molar-refractivity contribution < 1.29 is 33.0 Å². The molecule has 9 nitrogen and oxygen atoms in total. The zero-order valence-electron chi connectivity index (χ0n) is 22.0. The van der Waals surface area contributed by atoms with Crippen LogP contribution in [0.1, 0.15) is 29.8 Å². The number of nitrogens with one attached hydrogen (secondary N) is 1. The fourth-order valence-corrected chi connectivity index (χ4v) is 4.32. The molecule has 1 heterocycles. The Morgan fingerprint density at radius 3 is 2.36 bits per heavy atom. The summed E-state index contributed by atoms with van der Waals surface area (Å²) in [6.45, 7) is 2.26. The molecule has 0 atom stereocenters. The van der Waals surface area contributed by atoms with Crippen LogP contribution in [-0.2, 0) is 20.9 Å². The molecular weight excluding hydrogens is 505 g/mol. The van der Waals surface area contributed by atoms with Gasteiger partial charge in [-0.25, -0.2) is 4.39 Å². The van der Waals surface area contributed by atoms with Crippen molar-refractivity contribution in [2.45, 2.75) is 25.9 Å². The fourth-order valence-electron chi connectivity index (χ4n) is 4.32. The zero-order valence-corrected chi connectivity index (χ0v) is 22.0. The highest BCUT2D eigenvalue weighted by Gasteiger charge is 2.42. The van der Waals surface area contributed by atoms with E-state index in [1.165, 1.54) is 57.2 Å². The van der Waals surface area contributed by atoms with Crippen LogP contribution in [0, 0.1) is 5.82 Å². The van der Waals surface area contributed by atoms with Crippen LogP contribution in [0.4, 0.5) is 15.8 Å². The van der Waals surface area contributed by atoms with Gasteiger partial charge >= 0.3 is 0 Å².